The quantitative estimate of drug-likeness (QED) is 0.710. The van der Waals surface area contributed by atoms with E-state index in [0.717, 1.165) is 5.56 Å². The molecule has 0 saturated carbocycles. The van der Waals surface area contributed by atoms with Crippen LogP contribution in [-0.4, -0.2) is 22.8 Å². The van der Waals surface area contributed by atoms with Crippen molar-refractivity contribution in [2.75, 3.05) is 7.11 Å². The highest BCUT2D eigenvalue weighted by Gasteiger charge is 2.19. The van der Waals surface area contributed by atoms with Gasteiger partial charge in [-0.3, -0.25) is 9.48 Å². The van der Waals surface area contributed by atoms with Crippen LogP contribution in [-0.2, 0) is 6.54 Å². The van der Waals surface area contributed by atoms with Crippen LogP contribution in [0.1, 0.15) is 35.9 Å². The van der Waals surface area contributed by atoms with E-state index in [-0.39, 0.29) is 17.6 Å². The van der Waals surface area contributed by atoms with Gasteiger partial charge < -0.3 is 10.1 Å². The summed E-state index contributed by atoms with van der Waals surface area (Å²) in [5, 5.41) is 7.28. The Balaban J connectivity index is 1.87. The van der Waals surface area contributed by atoms with Gasteiger partial charge in [0, 0.05) is 18.2 Å². The van der Waals surface area contributed by atoms with Crippen molar-refractivity contribution in [2.45, 2.75) is 26.4 Å². The Morgan fingerprint density at radius 2 is 1.96 bits per heavy atom. The molecule has 3 aromatic rings. The molecule has 3 rings (SSSR count). The third kappa shape index (κ3) is 4.00. The fourth-order valence-electron chi connectivity index (χ4n) is 2.91. The molecule has 1 N–H and O–H groups in total. The molecule has 0 fully saturated rings. The predicted molar refractivity (Wildman–Crippen MR) is 102 cm³/mol. The van der Waals surface area contributed by atoms with Crippen molar-refractivity contribution in [1.29, 1.82) is 0 Å². The summed E-state index contributed by atoms with van der Waals surface area (Å²) in [6.45, 7) is 4.32. The van der Waals surface area contributed by atoms with Crippen molar-refractivity contribution in [1.82, 2.24) is 15.1 Å². The van der Waals surface area contributed by atoms with Crippen LogP contribution in [0.3, 0.4) is 0 Å². The molecule has 0 radical (unpaired) electrons. The molecule has 5 nitrogen and oxygen atoms in total. The van der Waals surface area contributed by atoms with E-state index in [1.54, 1.807) is 22.9 Å². The summed E-state index contributed by atoms with van der Waals surface area (Å²) in [5.41, 5.74) is 2.18. The third-order valence-corrected chi connectivity index (χ3v) is 4.41. The molecule has 1 amide bonds. The molecular weight excluding hydrogens is 345 g/mol. The van der Waals surface area contributed by atoms with Crippen molar-refractivity contribution in [3.05, 3.63) is 71.7 Å². The zero-order valence-electron chi connectivity index (χ0n) is 15.6. The Hall–Kier alpha value is -3.15. The van der Waals surface area contributed by atoms with E-state index in [9.17, 15) is 9.18 Å². The largest absolute Gasteiger partial charge is 0.497 e. The molecular formula is C21H22FN3O2. The SMILES string of the molecule is CCn1nc(C(=O)N[C@@H](C)c2ccccc2)cc1-c1ccc(OC)cc1F. The van der Waals surface area contributed by atoms with Crippen LogP contribution in [0.4, 0.5) is 4.39 Å². The number of carbonyl (C=O) groups is 1. The summed E-state index contributed by atoms with van der Waals surface area (Å²) in [7, 11) is 1.49. The average Bonchev–Trinajstić information content (AvgIpc) is 3.12. The molecule has 6 heteroatoms. The average molecular weight is 367 g/mol. The number of methoxy groups -OCH3 is 1. The smallest absolute Gasteiger partial charge is 0.272 e. The van der Waals surface area contributed by atoms with Gasteiger partial charge in [-0.05, 0) is 37.6 Å². The van der Waals surface area contributed by atoms with E-state index in [1.165, 1.54) is 13.2 Å². The Morgan fingerprint density at radius 1 is 1.22 bits per heavy atom. The number of hydrogen-bond acceptors (Lipinski definition) is 3. The van der Waals surface area contributed by atoms with Gasteiger partial charge in [0.25, 0.3) is 5.91 Å². The van der Waals surface area contributed by atoms with Gasteiger partial charge in [0.15, 0.2) is 5.69 Å². The maximum Gasteiger partial charge on any atom is 0.272 e. The number of nitrogens with zero attached hydrogens (tertiary/aromatic N) is 2. The summed E-state index contributed by atoms with van der Waals surface area (Å²) in [4.78, 5) is 12.6. The first-order valence-electron chi connectivity index (χ1n) is 8.81. The lowest BCUT2D eigenvalue weighted by Crippen LogP contribution is -2.27. The van der Waals surface area contributed by atoms with E-state index in [0.29, 0.717) is 23.6 Å². The highest BCUT2D eigenvalue weighted by molar-refractivity contribution is 5.93. The molecule has 0 unspecified atom stereocenters. The molecule has 1 atom stereocenters. The van der Waals surface area contributed by atoms with Gasteiger partial charge in [-0.2, -0.15) is 5.10 Å². The lowest BCUT2D eigenvalue weighted by atomic mass is 10.1. The van der Waals surface area contributed by atoms with Crippen LogP contribution in [0, 0.1) is 5.82 Å². The summed E-state index contributed by atoms with van der Waals surface area (Å²) in [6.07, 6.45) is 0. The van der Waals surface area contributed by atoms with Crippen molar-refractivity contribution in [3.63, 3.8) is 0 Å². The summed E-state index contributed by atoms with van der Waals surface area (Å²) < 4.78 is 21.1. The van der Waals surface area contributed by atoms with Gasteiger partial charge in [-0.1, -0.05) is 30.3 Å². The lowest BCUT2D eigenvalue weighted by molar-refractivity contribution is 0.0934. The van der Waals surface area contributed by atoms with Crippen LogP contribution in [0.25, 0.3) is 11.3 Å². The monoisotopic (exact) mass is 367 g/mol. The second-order valence-electron chi connectivity index (χ2n) is 6.18. The molecule has 0 aliphatic heterocycles. The molecule has 1 heterocycles. The minimum atomic E-state index is -0.423. The first kappa shape index (κ1) is 18.6. The number of ether oxygens (including phenoxy) is 1. The zero-order valence-corrected chi connectivity index (χ0v) is 15.6. The van der Waals surface area contributed by atoms with Crippen LogP contribution in [0.2, 0.25) is 0 Å². The predicted octanol–water partition coefficient (Wildman–Crippen LogP) is 4.21. The molecule has 0 bridgehead atoms. The van der Waals surface area contributed by atoms with Gasteiger partial charge in [0.2, 0.25) is 0 Å². The fraction of sp³-hybridized carbons (Fsp3) is 0.238. The molecule has 0 saturated heterocycles. The van der Waals surface area contributed by atoms with Gasteiger partial charge in [0.1, 0.15) is 11.6 Å². The molecule has 1 aromatic heterocycles. The van der Waals surface area contributed by atoms with Gasteiger partial charge in [0.05, 0.1) is 18.8 Å². The van der Waals surface area contributed by atoms with Crippen LogP contribution >= 0.6 is 0 Å². The van der Waals surface area contributed by atoms with Gasteiger partial charge in [-0.15, -0.1) is 0 Å². The number of halogens is 1. The standard InChI is InChI=1S/C21H22FN3O2/c1-4-25-20(17-11-10-16(27-3)12-18(17)22)13-19(24-25)21(26)23-14(2)15-8-6-5-7-9-15/h5-14H,4H2,1-3H3,(H,23,26)/t14-/m0/s1. The summed E-state index contributed by atoms with van der Waals surface area (Å²) in [6, 6.07) is 15.8. The maximum atomic E-state index is 14.5. The third-order valence-electron chi connectivity index (χ3n) is 4.41. The van der Waals surface area contributed by atoms with Gasteiger partial charge >= 0.3 is 0 Å². The van der Waals surface area contributed by atoms with E-state index in [1.807, 2.05) is 44.2 Å². The van der Waals surface area contributed by atoms with Crippen molar-refractivity contribution < 1.29 is 13.9 Å². The molecule has 0 aliphatic rings. The number of aryl methyl sites for hydroxylation is 1. The summed E-state index contributed by atoms with van der Waals surface area (Å²) >= 11 is 0. The molecule has 140 valence electrons. The van der Waals surface area contributed by atoms with Crippen molar-refractivity contribution in [3.8, 4) is 17.0 Å². The molecule has 2 aromatic carbocycles. The normalized spacial score (nSPS) is 11.9. The van der Waals surface area contributed by atoms with E-state index in [2.05, 4.69) is 10.4 Å². The summed E-state index contributed by atoms with van der Waals surface area (Å²) in [5.74, 6) is -0.282. The Labute approximate surface area is 157 Å². The second-order valence-corrected chi connectivity index (χ2v) is 6.18. The Morgan fingerprint density at radius 3 is 2.59 bits per heavy atom. The number of nitrogens with one attached hydrogen (secondary N) is 1. The fourth-order valence-corrected chi connectivity index (χ4v) is 2.91. The number of hydrogen-bond donors (Lipinski definition) is 1. The lowest BCUT2D eigenvalue weighted by Gasteiger charge is -2.13. The van der Waals surface area contributed by atoms with Crippen LogP contribution in [0.15, 0.2) is 54.6 Å². The minimum Gasteiger partial charge on any atom is -0.497 e. The topological polar surface area (TPSA) is 56.2 Å². The second kappa shape index (κ2) is 8.03. The number of rotatable bonds is 6. The highest BCUT2D eigenvalue weighted by Crippen LogP contribution is 2.27. The highest BCUT2D eigenvalue weighted by atomic mass is 19.1. The molecule has 0 spiro atoms. The van der Waals surface area contributed by atoms with E-state index < -0.39 is 5.82 Å². The van der Waals surface area contributed by atoms with E-state index in [4.69, 9.17) is 4.74 Å². The number of benzene rings is 2. The van der Waals surface area contributed by atoms with Crippen LogP contribution < -0.4 is 10.1 Å². The van der Waals surface area contributed by atoms with Crippen LogP contribution in [0.5, 0.6) is 5.75 Å². The number of amides is 1. The number of carbonyl (C=O) groups excluding carboxylic acids is 1. The van der Waals surface area contributed by atoms with Crippen molar-refractivity contribution in [2.24, 2.45) is 0 Å². The zero-order chi connectivity index (χ0) is 19.4. The number of aromatic nitrogens is 2. The maximum absolute atomic E-state index is 14.5. The first-order chi connectivity index (χ1) is 13.0. The minimum absolute atomic E-state index is 0.161. The first-order valence-corrected chi connectivity index (χ1v) is 8.81. The molecule has 0 aliphatic carbocycles. The van der Waals surface area contributed by atoms with Crippen molar-refractivity contribution >= 4 is 5.91 Å². The molecule has 27 heavy (non-hydrogen) atoms. The Bertz CT molecular complexity index is 938. The van der Waals surface area contributed by atoms with Gasteiger partial charge in [-0.25, -0.2) is 4.39 Å². The van der Waals surface area contributed by atoms with E-state index >= 15 is 0 Å². The Kier molecular flexibility index (Phi) is 5.54.